The minimum Gasteiger partial charge on any atom is -0.334 e. The van der Waals surface area contributed by atoms with Gasteiger partial charge in [-0.2, -0.15) is 4.37 Å². The van der Waals surface area contributed by atoms with Crippen LogP contribution >= 0.6 is 11.5 Å². The molecule has 5 nitrogen and oxygen atoms in total. The zero-order valence-corrected chi connectivity index (χ0v) is 9.20. The third-order valence-electron chi connectivity index (χ3n) is 1.88. The van der Waals surface area contributed by atoms with Crippen molar-refractivity contribution < 1.29 is 4.79 Å². The topological polar surface area (TPSA) is 66.9 Å². The van der Waals surface area contributed by atoms with Crippen LogP contribution < -0.4 is 10.6 Å². The number of hydrogen-bond acceptors (Lipinski definition) is 4. The zero-order valence-electron chi connectivity index (χ0n) is 8.38. The Kier molecular flexibility index (Phi) is 3.45. The lowest BCUT2D eigenvalue weighted by Crippen LogP contribution is -2.28. The van der Waals surface area contributed by atoms with Gasteiger partial charge in [-0.3, -0.25) is 5.32 Å². The number of amides is 2. The average molecular weight is 234 g/mol. The third-order valence-corrected chi connectivity index (χ3v) is 2.46. The predicted molar refractivity (Wildman–Crippen MR) is 62.2 cm³/mol. The van der Waals surface area contributed by atoms with E-state index in [-0.39, 0.29) is 6.03 Å². The van der Waals surface area contributed by atoms with Crippen LogP contribution in [0.15, 0.2) is 36.7 Å². The highest BCUT2D eigenvalue weighted by molar-refractivity contribution is 7.09. The lowest BCUT2D eigenvalue weighted by atomic mass is 10.2. The van der Waals surface area contributed by atoms with Crippen molar-refractivity contribution in [2.24, 2.45) is 0 Å². The number of rotatable bonds is 3. The van der Waals surface area contributed by atoms with E-state index in [4.69, 9.17) is 0 Å². The summed E-state index contributed by atoms with van der Waals surface area (Å²) in [6.07, 6.45) is 1.40. The molecule has 2 N–H and O–H groups in total. The molecule has 1 aromatic carbocycles. The molecule has 1 heterocycles. The summed E-state index contributed by atoms with van der Waals surface area (Å²) in [4.78, 5) is 15.2. The summed E-state index contributed by atoms with van der Waals surface area (Å²) in [6, 6.07) is 9.42. The van der Waals surface area contributed by atoms with Gasteiger partial charge in [-0.1, -0.05) is 30.3 Å². The fourth-order valence-corrected chi connectivity index (χ4v) is 1.57. The van der Waals surface area contributed by atoms with E-state index in [1.54, 1.807) is 0 Å². The first-order chi connectivity index (χ1) is 7.84. The van der Waals surface area contributed by atoms with Gasteiger partial charge in [0, 0.05) is 18.1 Å². The van der Waals surface area contributed by atoms with Gasteiger partial charge in [0.05, 0.1) is 0 Å². The first-order valence-corrected chi connectivity index (χ1v) is 5.47. The van der Waals surface area contributed by atoms with Gasteiger partial charge in [-0.15, -0.1) is 0 Å². The van der Waals surface area contributed by atoms with Crippen LogP contribution in [0.25, 0.3) is 0 Å². The van der Waals surface area contributed by atoms with E-state index in [1.165, 1.54) is 6.33 Å². The van der Waals surface area contributed by atoms with E-state index in [1.807, 2.05) is 30.3 Å². The smallest absolute Gasteiger partial charge is 0.321 e. The van der Waals surface area contributed by atoms with Gasteiger partial charge < -0.3 is 5.32 Å². The van der Waals surface area contributed by atoms with Crippen LogP contribution in [-0.2, 0) is 6.54 Å². The number of benzene rings is 1. The second kappa shape index (κ2) is 5.22. The Labute approximate surface area is 96.7 Å². The first-order valence-electron chi connectivity index (χ1n) is 4.70. The van der Waals surface area contributed by atoms with Crippen LogP contribution in [-0.4, -0.2) is 15.4 Å². The van der Waals surface area contributed by atoms with Crippen molar-refractivity contribution in [1.29, 1.82) is 0 Å². The highest BCUT2D eigenvalue weighted by Gasteiger charge is 2.03. The maximum absolute atomic E-state index is 11.4. The normalized spacial score (nSPS) is 9.75. The van der Waals surface area contributed by atoms with Crippen LogP contribution in [0.5, 0.6) is 0 Å². The highest BCUT2D eigenvalue weighted by atomic mass is 32.1. The molecule has 2 rings (SSSR count). The number of nitrogens with zero attached hydrogens (tertiary/aromatic N) is 2. The molecule has 0 bridgehead atoms. The lowest BCUT2D eigenvalue weighted by Gasteiger charge is -2.04. The van der Waals surface area contributed by atoms with Crippen LogP contribution in [0.2, 0.25) is 0 Å². The SMILES string of the molecule is O=C(NCc1ccccc1)Nc1ncns1. The fraction of sp³-hybridized carbons (Fsp3) is 0.100. The largest absolute Gasteiger partial charge is 0.334 e. The number of urea groups is 1. The van der Waals surface area contributed by atoms with Crippen molar-refractivity contribution in [3.05, 3.63) is 42.2 Å². The molecule has 0 atom stereocenters. The molecule has 82 valence electrons. The molecule has 0 spiro atoms. The molecule has 0 aliphatic heterocycles. The molecule has 0 saturated carbocycles. The van der Waals surface area contributed by atoms with Crippen molar-refractivity contribution in [2.45, 2.75) is 6.54 Å². The second-order valence-corrected chi connectivity index (χ2v) is 3.82. The van der Waals surface area contributed by atoms with E-state index >= 15 is 0 Å². The molecule has 0 saturated heterocycles. The van der Waals surface area contributed by atoms with E-state index < -0.39 is 0 Å². The highest BCUT2D eigenvalue weighted by Crippen LogP contribution is 2.05. The summed E-state index contributed by atoms with van der Waals surface area (Å²) in [5.74, 6) is 0. The Morgan fingerprint density at radius 1 is 1.31 bits per heavy atom. The number of anilines is 1. The van der Waals surface area contributed by atoms with Crippen LogP contribution in [0.3, 0.4) is 0 Å². The number of carbonyl (C=O) groups is 1. The van der Waals surface area contributed by atoms with Crippen LogP contribution in [0, 0.1) is 0 Å². The Morgan fingerprint density at radius 2 is 2.12 bits per heavy atom. The van der Waals surface area contributed by atoms with E-state index in [2.05, 4.69) is 20.0 Å². The van der Waals surface area contributed by atoms with Gasteiger partial charge in [-0.05, 0) is 5.56 Å². The minimum atomic E-state index is -0.277. The molecular weight excluding hydrogens is 224 g/mol. The van der Waals surface area contributed by atoms with Gasteiger partial charge in [0.15, 0.2) is 0 Å². The molecule has 0 unspecified atom stereocenters. The Morgan fingerprint density at radius 3 is 2.81 bits per heavy atom. The second-order valence-electron chi connectivity index (χ2n) is 3.04. The number of carbonyl (C=O) groups excluding carboxylic acids is 1. The fourth-order valence-electron chi connectivity index (χ4n) is 1.15. The van der Waals surface area contributed by atoms with E-state index in [0.29, 0.717) is 11.7 Å². The van der Waals surface area contributed by atoms with Gasteiger partial charge in [0.25, 0.3) is 0 Å². The van der Waals surface area contributed by atoms with Crippen LogP contribution in [0.1, 0.15) is 5.56 Å². The Bertz CT molecular complexity index is 443. The third kappa shape index (κ3) is 3.03. The van der Waals surface area contributed by atoms with Crippen molar-refractivity contribution in [1.82, 2.24) is 14.7 Å². The molecule has 2 amide bonds. The van der Waals surface area contributed by atoms with Crippen molar-refractivity contribution >= 4 is 22.7 Å². The van der Waals surface area contributed by atoms with Crippen molar-refractivity contribution in [3.8, 4) is 0 Å². The molecule has 2 aromatic rings. The Balaban J connectivity index is 1.80. The molecule has 16 heavy (non-hydrogen) atoms. The van der Waals surface area contributed by atoms with Crippen molar-refractivity contribution in [2.75, 3.05) is 5.32 Å². The zero-order chi connectivity index (χ0) is 11.2. The quantitative estimate of drug-likeness (QED) is 0.851. The van der Waals surface area contributed by atoms with Crippen LogP contribution in [0.4, 0.5) is 9.93 Å². The maximum Gasteiger partial charge on any atom is 0.321 e. The summed E-state index contributed by atoms with van der Waals surface area (Å²) in [7, 11) is 0. The summed E-state index contributed by atoms with van der Waals surface area (Å²) in [6.45, 7) is 0.492. The predicted octanol–water partition coefficient (Wildman–Crippen LogP) is 1.86. The first kappa shape index (κ1) is 10.6. The average Bonchev–Trinajstić information content (AvgIpc) is 2.81. The minimum absolute atomic E-state index is 0.277. The maximum atomic E-state index is 11.4. The molecule has 6 heteroatoms. The Hall–Kier alpha value is -1.95. The molecule has 0 aliphatic rings. The molecule has 0 radical (unpaired) electrons. The van der Waals surface area contributed by atoms with Gasteiger partial charge >= 0.3 is 6.03 Å². The number of nitrogens with one attached hydrogen (secondary N) is 2. The summed E-state index contributed by atoms with van der Waals surface area (Å²) in [5.41, 5.74) is 1.05. The monoisotopic (exact) mass is 234 g/mol. The molecule has 1 aromatic heterocycles. The molecule has 0 fully saturated rings. The summed E-state index contributed by atoms with van der Waals surface area (Å²) >= 11 is 1.14. The lowest BCUT2D eigenvalue weighted by molar-refractivity contribution is 0.251. The molecular formula is C10H10N4OS. The summed E-state index contributed by atoms with van der Waals surface area (Å²) < 4.78 is 3.78. The van der Waals surface area contributed by atoms with E-state index in [9.17, 15) is 4.79 Å². The van der Waals surface area contributed by atoms with E-state index in [0.717, 1.165) is 17.1 Å². The molecule has 0 aliphatic carbocycles. The number of hydrogen-bond donors (Lipinski definition) is 2. The summed E-state index contributed by atoms with van der Waals surface area (Å²) in [5, 5.41) is 5.80. The van der Waals surface area contributed by atoms with Gasteiger partial charge in [-0.25, -0.2) is 9.78 Å². The number of aromatic nitrogens is 2. The standard InChI is InChI=1S/C10H10N4OS/c15-9(14-10-12-7-13-16-10)11-6-8-4-2-1-3-5-8/h1-5,7H,6H2,(H2,11,12,13,14,15). The van der Waals surface area contributed by atoms with Crippen molar-refractivity contribution in [3.63, 3.8) is 0 Å². The van der Waals surface area contributed by atoms with Gasteiger partial charge in [0.2, 0.25) is 5.13 Å². The van der Waals surface area contributed by atoms with Gasteiger partial charge in [0.1, 0.15) is 6.33 Å².